The first-order valence-electron chi connectivity index (χ1n) is 11.6. The van der Waals surface area contributed by atoms with Gasteiger partial charge in [0, 0.05) is 47.2 Å². The van der Waals surface area contributed by atoms with Crippen LogP contribution in [0.15, 0.2) is 30.3 Å². The Kier molecular flexibility index (Phi) is 8.35. The van der Waals surface area contributed by atoms with Crippen LogP contribution < -0.4 is 0 Å². The highest BCUT2D eigenvalue weighted by molar-refractivity contribution is 6.30. The zero-order valence-corrected chi connectivity index (χ0v) is 20.7. The van der Waals surface area contributed by atoms with Crippen LogP contribution in [0.5, 0.6) is 0 Å². The van der Waals surface area contributed by atoms with Crippen molar-refractivity contribution in [3.63, 3.8) is 0 Å². The van der Waals surface area contributed by atoms with Crippen LogP contribution in [-0.2, 0) is 16.1 Å². The first kappa shape index (κ1) is 25.0. The number of hydrogen-bond donors (Lipinski definition) is 0. The molecule has 178 valence electrons. The molecular weight excluding hydrogens is 440 g/mol. The number of aromatic nitrogens is 1. The van der Waals surface area contributed by atoms with Crippen LogP contribution in [0.4, 0.5) is 0 Å². The number of esters is 1. The molecule has 3 rings (SSSR count). The number of amides is 1. The SMILES string of the molecule is Cc1cc(C(=O)COC(=O)C2CCN(C(=O)c3ccc(Cl)cc3)CC2)c(C)n1CCC(C)C. The fourth-order valence-corrected chi connectivity index (χ4v) is 4.37. The van der Waals surface area contributed by atoms with Gasteiger partial charge in [-0.1, -0.05) is 25.4 Å². The lowest BCUT2D eigenvalue weighted by Gasteiger charge is -2.31. The van der Waals surface area contributed by atoms with Gasteiger partial charge in [0.25, 0.3) is 5.91 Å². The predicted octanol–water partition coefficient (Wildman–Crippen LogP) is 5.08. The van der Waals surface area contributed by atoms with Gasteiger partial charge in [0.2, 0.25) is 5.78 Å². The van der Waals surface area contributed by atoms with Crippen molar-refractivity contribution in [1.82, 2.24) is 9.47 Å². The molecule has 1 saturated heterocycles. The average molecular weight is 473 g/mol. The third-order valence-electron chi connectivity index (χ3n) is 6.36. The maximum absolute atomic E-state index is 12.7. The molecule has 1 aromatic heterocycles. The Bertz CT molecular complexity index is 1000. The maximum atomic E-state index is 12.7. The number of ketones is 1. The van der Waals surface area contributed by atoms with Crippen molar-refractivity contribution in [1.29, 1.82) is 0 Å². The van der Waals surface area contributed by atoms with Gasteiger partial charge in [-0.05, 0) is 69.4 Å². The van der Waals surface area contributed by atoms with Gasteiger partial charge < -0.3 is 14.2 Å². The van der Waals surface area contributed by atoms with Crippen LogP contribution in [0.3, 0.4) is 0 Å². The van der Waals surface area contributed by atoms with E-state index in [9.17, 15) is 14.4 Å². The smallest absolute Gasteiger partial charge is 0.309 e. The van der Waals surface area contributed by atoms with Crippen molar-refractivity contribution in [3.8, 4) is 0 Å². The Labute approximate surface area is 200 Å². The fraction of sp³-hybridized carbons (Fsp3) is 0.500. The molecule has 1 aliphatic rings. The summed E-state index contributed by atoms with van der Waals surface area (Å²) in [6.07, 6.45) is 2.09. The minimum Gasteiger partial charge on any atom is -0.457 e. The monoisotopic (exact) mass is 472 g/mol. The summed E-state index contributed by atoms with van der Waals surface area (Å²) < 4.78 is 7.53. The van der Waals surface area contributed by atoms with Gasteiger partial charge in [0.15, 0.2) is 6.61 Å². The number of likely N-dealkylation sites (tertiary alicyclic amines) is 1. The predicted molar refractivity (Wildman–Crippen MR) is 129 cm³/mol. The molecule has 33 heavy (non-hydrogen) atoms. The number of aryl methyl sites for hydroxylation is 1. The standard InChI is InChI=1S/C26H33ClN2O4/c1-17(2)9-14-29-18(3)15-23(19(29)4)24(30)16-33-26(32)21-10-12-28(13-11-21)25(31)20-5-7-22(27)8-6-20/h5-8,15,17,21H,9-14,16H2,1-4H3. The highest BCUT2D eigenvalue weighted by Gasteiger charge is 2.29. The van der Waals surface area contributed by atoms with E-state index in [1.807, 2.05) is 19.9 Å². The first-order chi connectivity index (χ1) is 15.7. The molecule has 0 bridgehead atoms. The number of rotatable bonds is 8. The largest absolute Gasteiger partial charge is 0.457 e. The fourth-order valence-electron chi connectivity index (χ4n) is 4.24. The highest BCUT2D eigenvalue weighted by atomic mass is 35.5. The number of piperidine rings is 1. The van der Waals surface area contributed by atoms with Crippen LogP contribution in [-0.4, -0.2) is 46.8 Å². The Morgan fingerprint density at radius 2 is 1.73 bits per heavy atom. The van der Waals surface area contributed by atoms with Crippen molar-refractivity contribution < 1.29 is 19.1 Å². The third kappa shape index (κ3) is 6.26. The summed E-state index contributed by atoms with van der Waals surface area (Å²) in [5, 5.41) is 0.583. The van der Waals surface area contributed by atoms with Crippen LogP contribution >= 0.6 is 11.6 Å². The van der Waals surface area contributed by atoms with Crippen LogP contribution in [0.1, 0.15) is 65.2 Å². The molecule has 2 aromatic rings. The Balaban J connectivity index is 1.49. The van der Waals surface area contributed by atoms with E-state index in [-0.39, 0.29) is 30.2 Å². The summed E-state index contributed by atoms with van der Waals surface area (Å²) in [6.45, 7) is 9.87. The zero-order valence-electron chi connectivity index (χ0n) is 19.9. The van der Waals surface area contributed by atoms with Crippen molar-refractivity contribution in [2.45, 2.75) is 53.5 Å². The summed E-state index contributed by atoms with van der Waals surface area (Å²) in [5.41, 5.74) is 3.16. The van der Waals surface area contributed by atoms with Gasteiger partial charge in [-0.3, -0.25) is 14.4 Å². The minimum absolute atomic E-state index is 0.0681. The maximum Gasteiger partial charge on any atom is 0.309 e. The number of Topliss-reactive ketones (excluding diaryl/α,β-unsaturated/α-hetero) is 1. The molecule has 2 heterocycles. The van der Waals surface area contributed by atoms with E-state index < -0.39 is 0 Å². The number of carbonyl (C=O) groups excluding carboxylic acids is 3. The van der Waals surface area contributed by atoms with Crippen LogP contribution in [0, 0.1) is 25.7 Å². The molecule has 0 atom stereocenters. The van der Waals surface area contributed by atoms with E-state index in [2.05, 4.69) is 18.4 Å². The Morgan fingerprint density at radius 1 is 1.09 bits per heavy atom. The molecular formula is C26H33ClN2O4. The third-order valence-corrected chi connectivity index (χ3v) is 6.61. The molecule has 0 unspecified atom stereocenters. The van der Waals surface area contributed by atoms with Gasteiger partial charge in [-0.25, -0.2) is 0 Å². The van der Waals surface area contributed by atoms with Gasteiger partial charge in [-0.15, -0.1) is 0 Å². The summed E-state index contributed by atoms with van der Waals surface area (Å²) in [7, 11) is 0. The van der Waals surface area contributed by atoms with Gasteiger partial charge in [-0.2, -0.15) is 0 Å². The quantitative estimate of drug-likeness (QED) is 0.396. The van der Waals surface area contributed by atoms with Crippen LogP contribution in [0.2, 0.25) is 5.02 Å². The van der Waals surface area contributed by atoms with E-state index in [1.54, 1.807) is 29.2 Å². The lowest BCUT2D eigenvalue weighted by molar-refractivity contribution is -0.148. The number of halogens is 1. The normalized spacial score (nSPS) is 14.5. The summed E-state index contributed by atoms with van der Waals surface area (Å²) in [4.78, 5) is 39.6. The second kappa shape index (κ2) is 11.0. The Hall–Kier alpha value is -2.60. The zero-order chi connectivity index (χ0) is 24.1. The van der Waals surface area contributed by atoms with Gasteiger partial charge in [0.05, 0.1) is 5.92 Å². The average Bonchev–Trinajstić information content (AvgIpc) is 3.09. The van der Waals surface area contributed by atoms with Crippen molar-refractivity contribution >= 4 is 29.3 Å². The highest BCUT2D eigenvalue weighted by Crippen LogP contribution is 2.22. The molecule has 0 saturated carbocycles. The van der Waals surface area contributed by atoms with E-state index in [0.29, 0.717) is 48.0 Å². The molecule has 6 nitrogen and oxygen atoms in total. The second-order valence-electron chi connectivity index (χ2n) is 9.22. The minimum atomic E-state index is -0.365. The van der Waals surface area contributed by atoms with Gasteiger partial charge >= 0.3 is 5.97 Å². The number of benzene rings is 1. The van der Waals surface area contributed by atoms with Crippen molar-refractivity contribution in [2.75, 3.05) is 19.7 Å². The lowest BCUT2D eigenvalue weighted by atomic mass is 9.96. The van der Waals surface area contributed by atoms with Gasteiger partial charge in [0.1, 0.15) is 0 Å². The number of carbonyl (C=O) groups is 3. The lowest BCUT2D eigenvalue weighted by Crippen LogP contribution is -2.40. The number of nitrogens with zero attached hydrogens (tertiary/aromatic N) is 2. The van der Waals surface area contributed by atoms with Crippen molar-refractivity contribution in [2.24, 2.45) is 11.8 Å². The molecule has 7 heteroatoms. The summed E-state index contributed by atoms with van der Waals surface area (Å²) >= 11 is 5.89. The van der Waals surface area contributed by atoms with E-state index in [4.69, 9.17) is 16.3 Å². The van der Waals surface area contributed by atoms with Crippen molar-refractivity contribution in [3.05, 3.63) is 57.9 Å². The van der Waals surface area contributed by atoms with E-state index in [0.717, 1.165) is 24.4 Å². The molecule has 1 aliphatic heterocycles. The van der Waals surface area contributed by atoms with E-state index >= 15 is 0 Å². The van der Waals surface area contributed by atoms with Crippen LogP contribution in [0.25, 0.3) is 0 Å². The number of ether oxygens (including phenoxy) is 1. The summed E-state index contributed by atoms with van der Waals surface area (Å²) in [5.74, 6) is -0.329. The molecule has 0 radical (unpaired) electrons. The van der Waals surface area contributed by atoms with E-state index in [1.165, 1.54) is 0 Å². The molecule has 0 aliphatic carbocycles. The first-order valence-corrected chi connectivity index (χ1v) is 12.0. The molecule has 0 spiro atoms. The topological polar surface area (TPSA) is 68.6 Å². The molecule has 1 fully saturated rings. The molecule has 1 aromatic carbocycles. The second-order valence-corrected chi connectivity index (χ2v) is 9.66. The summed E-state index contributed by atoms with van der Waals surface area (Å²) in [6, 6.07) is 8.68. The Morgan fingerprint density at radius 3 is 2.33 bits per heavy atom. The molecule has 0 N–H and O–H groups in total. The number of hydrogen-bond acceptors (Lipinski definition) is 4. The molecule has 1 amide bonds.